The molecule has 1 unspecified atom stereocenters. The zero-order valence-electron chi connectivity index (χ0n) is 15.0. The van der Waals surface area contributed by atoms with Gasteiger partial charge in [-0.05, 0) is 38.0 Å². The molecule has 0 radical (unpaired) electrons. The number of carbonyl (C=O) groups excluding carboxylic acids is 1. The van der Waals surface area contributed by atoms with Crippen LogP contribution >= 0.6 is 0 Å². The van der Waals surface area contributed by atoms with Gasteiger partial charge < -0.3 is 19.7 Å². The lowest BCUT2D eigenvalue weighted by Gasteiger charge is -2.24. The van der Waals surface area contributed by atoms with Gasteiger partial charge in [-0.2, -0.15) is 0 Å². The third-order valence-corrected chi connectivity index (χ3v) is 4.13. The number of nitrogens with zero attached hydrogens (tertiary/aromatic N) is 1. The SMILES string of the molecule is CCOCCCN(CC(C)C(=O)O)C(=O)c1cc2ccc(C)cc2[nH]1. The Labute approximate surface area is 147 Å². The van der Waals surface area contributed by atoms with Gasteiger partial charge in [0, 0.05) is 37.2 Å². The number of ether oxygens (including phenoxy) is 1. The first-order valence-electron chi connectivity index (χ1n) is 8.61. The lowest BCUT2D eigenvalue weighted by molar-refractivity contribution is -0.141. The highest BCUT2D eigenvalue weighted by Crippen LogP contribution is 2.18. The van der Waals surface area contributed by atoms with Crippen LogP contribution in [0.2, 0.25) is 0 Å². The standard InChI is InChI=1S/C19H26N2O4/c1-4-25-9-5-8-21(12-14(3)19(23)24)18(22)17-11-15-7-6-13(2)10-16(15)20-17/h6-7,10-11,14,20H,4-5,8-9,12H2,1-3H3,(H,23,24). The smallest absolute Gasteiger partial charge is 0.308 e. The third-order valence-electron chi connectivity index (χ3n) is 4.13. The van der Waals surface area contributed by atoms with Crippen LogP contribution in [0.4, 0.5) is 0 Å². The van der Waals surface area contributed by atoms with Crippen LogP contribution < -0.4 is 0 Å². The number of aliphatic carboxylic acids is 1. The summed E-state index contributed by atoms with van der Waals surface area (Å²) in [6, 6.07) is 7.78. The molecule has 2 N–H and O–H groups in total. The highest BCUT2D eigenvalue weighted by atomic mass is 16.5. The molecule has 0 aliphatic carbocycles. The summed E-state index contributed by atoms with van der Waals surface area (Å²) in [6.07, 6.45) is 0.672. The number of H-pyrrole nitrogens is 1. The Balaban J connectivity index is 2.17. The fourth-order valence-electron chi connectivity index (χ4n) is 2.71. The van der Waals surface area contributed by atoms with E-state index >= 15 is 0 Å². The van der Waals surface area contributed by atoms with E-state index in [9.17, 15) is 9.59 Å². The molecule has 1 amide bonds. The van der Waals surface area contributed by atoms with Gasteiger partial charge in [0.1, 0.15) is 5.69 Å². The maximum atomic E-state index is 12.9. The molecule has 1 atom stereocenters. The Morgan fingerprint density at radius 2 is 2.08 bits per heavy atom. The number of hydrogen-bond acceptors (Lipinski definition) is 3. The maximum Gasteiger partial charge on any atom is 0.308 e. The molecule has 1 aromatic carbocycles. The summed E-state index contributed by atoms with van der Waals surface area (Å²) in [5.41, 5.74) is 2.50. The fourth-order valence-corrected chi connectivity index (χ4v) is 2.71. The molecule has 25 heavy (non-hydrogen) atoms. The van der Waals surface area contributed by atoms with Crippen molar-refractivity contribution in [2.45, 2.75) is 27.2 Å². The van der Waals surface area contributed by atoms with Crippen LogP contribution in [-0.4, -0.2) is 53.2 Å². The van der Waals surface area contributed by atoms with E-state index in [1.807, 2.05) is 38.1 Å². The van der Waals surface area contributed by atoms with Gasteiger partial charge in [-0.15, -0.1) is 0 Å². The summed E-state index contributed by atoms with van der Waals surface area (Å²) >= 11 is 0. The van der Waals surface area contributed by atoms with Crippen LogP contribution in [0.1, 0.15) is 36.3 Å². The van der Waals surface area contributed by atoms with Gasteiger partial charge in [0.25, 0.3) is 5.91 Å². The second kappa shape index (κ2) is 8.67. The quantitative estimate of drug-likeness (QED) is 0.684. The van der Waals surface area contributed by atoms with Crippen molar-refractivity contribution in [3.05, 3.63) is 35.5 Å². The first-order chi connectivity index (χ1) is 11.9. The van der Waals surface area contributed by atoms with Crippen LogP contribution in [0.3, 0.4) is 0 Å². The molecule has 1 aromatic heterocycles. The number of aromatic nitrogens is 1. The van der Waals surface area contributed by atoms with Gasteiger partial charge in [0.05, 0.1) is 5.92 Å². The van der Waals surface area contributed by atoms with Crippen molar-refractivity contribution in [2.75, 3.05) is 26.3 Å². The number of fused-ring (bicyclic) bond motifs is 1. The van der Waals surface area contributed by atoms with E-state index in [0.29, 0.717) is 31.9 Å². The number of carboxylic acid groups (broad SMARTS) is 1. The molecule has 0 saturated carbocycles. The van der Waals surface area contributed by atoms with Crippen molar-refractivity contribution < 1.29 is 19.4 Å². The van der Waals surface area contributed by atoms with Crippen LogP contribution in [0.25, 0.3) is 10.9 Å². The molecule has 2 rings (SSSR count). The van der Waals surface area contributed by atoms with Crippen molar-refractivity contribution in [2.24, 2.45) is 5.92 Å². The van der Waals surface area contributed by atoms with E-state index < -0.39 is 11.9 Å². The Bertz CT molecular complexity index is 738. The van der Waals surface area contributed by atoms with Crippen molar-refractivity contribution in [1.29, 1.82) is 0 Å². The molecular formula is C19H26N2O4. The number of nitrogens with one attached hydrogen (secondary N) is 1. The minimum absolute atomic E-state index is 0.175. The zero-order valence-corrected chi connectivity index (χ0v) is 15.0. The van der Waals surface area contributed by atoms with Crippen LogP contribution in [0.15, 0.2) is 24.3 Å². The molecule has 0 saturated heterocycles. The van der Waals surface area contributed by atoms with Gasteiger partial charge in [-0.3, -0.25) is 9.59 Å². The van der Waals surface area contributed by atoms with Gasteiger partial charge >= 0.3 is 5.97 Å². The first-order valence-corrected chi connectivity index (χ1v) is 8.61. The average molecular weight is 346 g/mol. The van der Waals surface area contributed by atoms with Crippen molar-refractivity contribution in [3.8, 4) is 0 Å². The molecule has 136 valence electrons. The first kappa shape index (κ1) is 19.0. The molecule has 0 bridgehead atoms. The highest BCUT2D eigenvalue weighted by Gasteiger charge is 2.22. The van der Waals surface area contributed by atoms with Crippen LogP contribution in [0, 0.1) is 12.8 Å². The highest BCUT2D eigenvalue weighted by molar-refractivity contribution is 5.98. The van der Waals surface area contributed by atoms with E-state index in [4.69, 9.17) is 9.84 Å². The topological polar surface area (TPSA) is 82.6 Å². The monoisotopic (exact) mass is 346 g/mol. The number of carboxylic acids is 1. The normalized spacial score (nSPS) is 12.3. The van der Waals surface area contributed by atoms with Crippen molar-refractivity contribution in [1.82, 2.24) is 9.88 Å². The van der Waals surface area contributed by atoms with Crippen molar-refractivity contribution in [3.63, 3.8) is 0 Å². The van der Waals surface area contributed by atoms with E-state index in [1.165, 1.54) is 0 Å². The third kappa shape index (κ3) is 5.06. The number of amides is 1. The molecule has 0 fully saturated rings. The van der Waals surface area contributed by atoms with E-state index in [-0.39, 0.29) is 12.5 Å². The number of hydrogen-bond donors (Lipinski definition) is 2. The molecule has 1 heterocycles. The largest absolute Gasteiger partial charge is 0.481 e. The van der Waals surface area contributed by atoms with E-state index in [2.05, 4.69) is 4.98 Å². The summed E-state index contributed by atoms with van der Waals surface area (Å²) in [5, 5.41) is 10.1. The predicted octanol–water partition coefficient (Wildman–Crippen LogP) is 3.07. The lowest BCUT2D eigenvalue weighted by atomic mass is 10.1. The maximum absolute atomic E-state index is 12.9. The molecular weight excluding hydrogens is 320 g/mol. The van der Waals surface area contributed by atoms with Gasteiger partial charge in [-0.1, -0.05) is 19.1 Å². The van der Waals surface area contributed by atoms with Crippen LogP contribution in [-0.2, 0) is 9.53 Å². The summed E-state index contributed by atoms with van der Waals surface area (Å²) in [5.74, 6) is -1.71. The second-order valence-electron chi connectivity index (χ2n) is 6.31. The fraction of sp³-hybridized carbons (Fsp3) is 0.474. The summed E-state index contributed by atoms with van der Waals surface area (Å²) < 4.78 is 5.32. The zero-order chi connectivity index (χ0) is 18.4. The molecule has 0 spiro atoms. The minimum atomic E-state index is -0.908. The Morgan fingerprint density at radius 1 is 1.32 bits per heavy atom. The Kier molecular flexibility index (Phi) is 6.58. The summed E-state index contributed by atoms with van der Waals surface area (Å²) in [6.45, 7) is 7.34. The van der Waals surface area contributed by atoms with Gasteiger partial charge in [-0.25, -0.2) is 0 Å². The minimum Gasteiger partial charge on any atom is -0.481 e. The number of rotatable bonds is 9. The molecule has 2 aromatic rings. The predicted molar refractivity (Wildman–Crippen MR) is 96.8 cm³/mol. The molecule has 0 aliphatic rings. The molecule has 6 heteroatoms. The Hall–Kier alpha value is -2.34. The number of benzene rings is 1. The van der Waals surface area contributed by atoms with E-state index in [0.717, 1.165) is 16.5 Å². The Morgan fingerprint density at radius 3 is 2.76 bits per heavy atom. The number of carbonyl (C=O) groups is 2. The average Bonchev–Trinajstić information content (AvgIpc) is 2.99. The number of aromatic amines is 1. The number of aryl methyl sites for hydroxylation is 1. The molecule has 0 aliphatic heterocycles. The molecule has 6 nitrogen and oxygen atoms in total. The van der Waals surface area contributed by atoms with E-state index in [1.54, 1.807) is 11.8 Å². The van der Waals surface area contributed by atoms with Crippen molar-refractivity contribution >= 4 is 22.8 Å². The van der Waals surface area contributed by atoms with Gasteiger partial charge in [0.2, 0.25) is 0 Å². The summed E-state index contributed by atoms with van der Waals surface area (Å²) in [4.78, 5) is 28.8. The van der Waals surface area contributed by atoms with Crippen LogP contribution in [0.5, 0.6) is 0 Å². The summed E-state index contributed by atoms with van der Waals surface area (Å²) in [7, 11) is 0. The second-order valence-corrected chi connectivity index (χ2v) is 6.31. The van der Waals surface area contributed by atoms with Gasteiger partial charge in [0.15, 0.2) is 0 Å². The lowest BCUT2D eigenvalue weighted by Crippen LogP contribution is -2.38.